The zero-order chi connectivity index (χ0) is 15.0. The molecule has 0 bridgehead atoms. The number of ether oxygens (including phenoxy) is 1. The van der Waals surface area contributed by atoms with E-state index >= 15 is 0 Å². The normalized spacial score (nSPS) is 14.7. The number of hydrogen-bond acceptors (Lipinski definition) is 5. The van der Waals surface area contributed by atoms with E-state index in [1.807, 2.05) is 6.92 Å². The van der Waals surface area contributed by atoms with Gasteiger partial charge in [-0.2, -0.15) is 4.98 Å². The predicted octanol–water partition coefficient (Wildman–Crippen LogP) is 3.35. The predicted molar refractivity (Wildman–Crippen MR) is 79.5 cm³/mol. The van der Waals surface area contributed by atoms with Crippen LogP contribution in [-0.4, -0.2) is 23.4 Å². The first kappa shape index (κ1) is 17.1. The second-order valence-corrected chi connectivity index (χ2v) is 5.70. The van der Waals surface area contributed by atoms with Gasteiger partial charge in [-0.25, -0.2) is 0 Å². The lowest BCUT2D eigenvalue weighted by molar-refractivity contribution is 0.0867. The second-order valence-electron chi connectivity index (χ2n) is 5.70. The van der Waals surface area contributed by atoms with Crippen LogP contribution in [0.3, 0.4) is 0 Å². The molecule has 20 heavy (non-hydrogen) atoms. The van der Waals surface area contributed by atoms with E-state index in [-0.39, 0.29) is 0 Å². The van der Waals surface area contributed by atoms with Crippen LogP contribution in [0.1, 0.15) is 77.4 Å². The smallest absolute Gasteiger partial charge is 0.229 e. The highest BCUT2D eigenvalue weighted by molar-refractivity contribution is 5.04. The summed E-state index contributed by atoms with van der Waals surface area (Å²) in [5, 5.41) is 4.06. The van der Waals surface area contributed by atoms with Gasteiger partial charge in [0.2, 0.25) is 5.89 Å². The van der Waals surface area contributed by atoms with Crippen LogP contribution in [0.2, 0.25) is 0 Å². The maximum atomic E-state index is 6.23. The summed E-state index contributed by atoms with van der Waals surface area (Å²) >= 11 is 0. The molecule has 116 valence electrons. The fraction of sp³-hybridized carbons (Fsp3) is 0.867. The third kappa shape index (κ3) is 4.87. The summed E-state index contributed by atoms with van der Waals surface area (Å²) in [6.07, 6.45) is 5.35. The standard InChI is InChI=1S/C15H29N3O2/c1-5-8-12(9-6-2)13-17-14(18-20-13)15(4,16)11-19-10-7-3/h12H,5-11,16H2,1-4H3. The number of hydrogen-bond donors (Lipinski definition) is 1. The van der Waals surface area contributed by atoms with Crippen molar-refractivity contribution in [2.45, 2.75) is 71.3 Å². The maximum Gasteiger partial charge on any atom is 0.229 e. The average Bonchev–Trinajstić information content (AvgIpc) is 2.89. The van der Waals surface area contributed by atoms with Crippen LogP contribution in [0, 0.1) is 0 Å². The molecule has 5 heteroatoms. The van der Waals surface area contributed by atoms with Crippen LogP contribution >= 0.6 is 0 Å². The van der Waals surface area contributed by atoms with Crippen molar-refractivity contribution < 1.29 is 9.26 Å². The highest BCUT2D eigenvalue weighted by Crippen LogP contribution is 2.26. The summed E-state index contributed by atoms with van der Waals surface area (Å²) in [5.41, 5.74) is 5.54. The monoisotopic (exact) mass is 283 g/mol. The molecule has 0 radical (unpaired) electrons. The summed E-state index contributed by atoms with van der Waals surface area (Å²) in [7, 11) is 0. The Morgan fingerprint density at radius 1 is 1.20 bits per heavy atom. The molecule has 1 unspecified atom stereocenters. The molecule has 1 aromatic rings. The van der Waals surface area contributed by atoms with Gasteiger partial charge in [0, 0.05) is 12.5 Å². The molecule has 0 aliphatic heterocycles. The lowest BCUT2D eigenvalue weighted by Gasteiger charge is -2.20. The van der Waals surface area contributed by atoms with Crippen LogP contribution in [0.25, 0.3) is 0 Å². The first-order chi connectivity index (χ1) is 9.55. The molecule has 0 aliphatic carbocycles. The van der Waals surface area contributed by atoms with Gasteiger partial charge < -0.3 is 15.0 Å². The lowest BCUT2D eigenvalue weighted by atomic mass is 9.98. The molecule has 0 aromatic carbocycles. The van der Waals surface area contributed by atoms with Crippen molar-refractivity contribution >= 4 is 0 Å². The summed E-state index contributed by atoms with van der Waals surface area (Å²) in [6.45, 7) is 9.40. The Balaban J connectivity index is 2.73. The van der Waals surface area contributed by atoms with Gasteiger partial charge in [-0.1, -0.05) is 38.8 Å². The minimum absolute atomic E-state index is 0.346. The van der Waals surface area contributed by atoms with E-state index < -0.39 is 5.54 Å². The second kappa shape index (κ2) is 8.37. The van der Waals surface area contributed by atoms with E-state index in [0.29, 0.717) is 25.0 Å². The third-order valence-electron chi connectivity index (χ3n) is 3.33. The Bertz CT molecular complexity index is 371. The van der Waals surface area contributed by atoms with Crippen LogP contribution in [0.15, 0.2) is 4.52 Å². The summed E-state index contributed by atoms with van der Waals surface area (Å²) in [5.74, 6) is 1.61. The molecular weight excluding hydrogens is 254 g/mol. The van der Waals surface area contributed by atoms with E-state index in [1.54, 1.807) is 0 Å². The van der Waals surface area contributed by atoms with E-state index in [1.165, 1.54) is 0 Å². The van der Waals surface area contributed by atoms with E-state index in [0.717, 1.165) is 38.0 Å². The van der Waals surface area contributed by atoms with E-state index in [4.69, 9.17) is 15.0 Å². The largest absolute Gasteiger partial charge is 0.379 e. The van der Waals surface area contributed by atoms with Gasteiger partial charge in [0.25, 0.3) is 0 Å². The molecule has 1 aromatic heterocycles. The molecule has 0 saturated carbocycles. The Morgan fingerprint density at radius 3 is 2.40 bits per heavy atom. The molecule has 0 aliphatic rings. The van der Waals surface area contributed by atoms with Crippen molar-refractivity contribution in [2.75, 3.05) is 13.2 Å². The molecule has 5 nitrogen and oxygen atoms in total. The molecule has 0 spiro atoms. The Labute approximate surface area is 122 Å². The molecule has 1 heterocycles. The average molecular weight is 283 g/mol. The Hall–Kier alpha value is -0.940. The van der Waals surface area contributed by atoms with Gasteiger partial charge in [0.15, 0.2) is 5.82 Å². The first-order valence-electron chi connectivity index (χ1n) is 7.75. The number of nitrogens with two attached hydrogens (primary N) is 1. The van der Waals surface area contributed by atoms with Crippen molar-refractivity contribution in [1.82, 2.24) is 10.1 Å². The fourth-order valence-electron chi connectivity index (χ4n) is 2.21. The molecule has 2 N–H and O–H groups in total. The van der Waals surface area contributed by atoms with Crippen LogP contribution in [0.5, 0.6) is 0 Å². The van der Waals surface area contributed by atoms with Crippen molar-refractivity contribution in [3.63, 3.8) is 0 Å². The highest BCUT2D eigenvalue weighted by Gasteiger charge is 2.29. The zero-order valence-corrected chi connectivity index (χ0v) is 13.3. The molecule has 0 saturated heterocycles. The molecule has 1 rings (SSSR count). The number of aromatic nitrogens is 2. The number of nitrogens with zero attached hydrogens (tertiary/aromatic N) is 2. The van der Waals surface area contributed by atoms with Gasteiger partial charge in [0.1, 0.15) is 5.54 Å². The van der Waals surface area contributed by atoms with Gasteiger partial charge in [0.05, 0.1) is 6.61 Å². The van der Waals surface area contributed by atoms with Crippen molar-refractivity contribution in [1.29, 1.82) is 0 Å². The van der Waals surface area contributed by atoms with Gasteiger partial charge in [-0.15, -0.1) is 0 Å². The Kier molecular flexibility index (Phi) is 7.16. The third-order valence-corrected chi connectivity index (χ3v) is 3.33. The molecular formula is C15H29N3O2. The van der Waals surface area contributed by atoms with Crippen LogP contribution in [0.4, 0.5) is 0 Å². The minimum Gasteiger partial charge on any atom is -0.379 e. The van der Waals surface area contributed by atoms with Gasteiger partial charge in [-0.05, 0) is 26.2 Å². The van der Waals surface area contributed by atoms with Crippen molar-refractivity contribution in [2.24, 2.45) is 5.73 Å². The van der Waals surface area contributed by atoms with E-state index in [9.17, 15) is 0 Å². The first-order valence-corrected chi connectivity index (χ1v) is 7.75. The minimum atomic E-state index is -0.695. The SMILES string of the molecule is CCCOCC(C)(N)c1noc(C(CCC)CCC)n1. The Morgan fingerprint density at radius 2 is 1.85 bits per heavy atom. The molecule has 0 amide bonds. The summed E-state index contributed by atoms with van der Waals surface area (Å²) in [4.78, 5) is 4.52. The topological polar surface area (TPSA) is 74.2 Å². The zero-order valence-electron chi connectivity index (χ0n) is 13.3. The molecule has 1 atom stereocenters. The van der Waals surface area contributed by atoms with Crippen molar-refractivity contribution in [3.05, 3.63) is 11.7 Å². The molecule has 0 fully saturated rings. The van der Waals surface area contributed by atoms with E-state index in [2.05, 4.69) is 30.9 Å². The fourth-order valence-corrected chi connectivity index (χ4v) is 2.21. The number of rotatable bonds is 10. The summed E-state index contributed by atoms with van der Waals surface area (Å²) < 4.78 is 10.9. The van der Waals surface area contributed by atoms with Gasteiger partial charge >= 0.3 is 0 Å². The van der Waals surface area contributed by atoms with Crippen LogP contribution in [-0.2, 0) is 10.3 Å². The maximum absolute atomic E-state index is 6.23. The highest BCUT2D eigenvalue weighted by atomic mass is 16.5. The lowest BCUT2D eigenvalue weighted by Crippen LogP contribution is -2.39. The quantitative estimate of drug-likeness (QED) is 0.666. The van der Waals surface area contributed by atoms with Crippen LogP contribution < -0.4 is 5.73 Å². The van der Waals surface area contributed by atoms with Gasteiger partial charge in [-0.3, -0.25) is 0 Å². The van der Waals surface area contributed by atoms with Crippen molar-refractivity contribution in [3.8, 4) is 0 Å². The summed E-state index contributed by atoms with van der Waals surface area (Å²) in [6, 6.07) is 0.